The molecule has 34 heavy (non-hydrogen) atoms. The van der Waals surface area contributed by atoms with E-state index >= 15 is 0 Å². The van der Waals surface area contributed by atoms with Crippen LogP contribution in [0.25, 0.3) is 11.0 Å². The number of hydrogen-bond donors (Lipinski definition) is 0. The van der Waals surface area contributed by atoms with E-state index in [0.717, 1.165) is 28.9 Å². The van der Waals surface area contributed by atoms with Gasteiger partial charge in [0.05, 0.1) is 23.6 Å². The molecule has 3 aromatic carbocycles. The van der Waals surface area contributed by atoms with Gasteiger partial charge in [0, 0.05) is 10.7 Å². The van der Waals surface area contributed by atoms with E-state index in [1.165, 1.54) is 0 Å². The second-order valence-electron chi connectivity index (χ2n) is 8.58. The first-order valence-electron chi connectivity index (χ1n) is 11.3. The Labute approximate surface area is 202 Å². The molecule has 172 valence electrons. The SMILES string of the molecule is CCCOc1ccc(C2c3c(oc4cc(C)c(C)cc4c3=O)C(=O)N2c2cccc(Cl)c2)cc1. The lowest BCUT2D eigenvalue weighted by atomic mass is 9.97. The largest absolute Gasteiger partial charge is 0.494 e. The Hall–Kier alpha value is -3.57. The number of carbonyl (C=O) groups is 1. The molecule has 1 aliphatic rings. The normalized spacial score (nSPS) is 15.1. The lowest BCUT2D eigenvalue weighted by Gasteiger charge is -2.25. The van der Waals surface area contributed by atoms with Gasteiger partial charge < -0.3 is 9.15 Å². The van der Waals surface area contributed by atoms with Gasteiger partial charge in [0.15, 0.2) is 5.43 Å². The van der Waals surface area contributed by atoms with Crippen LogP contribution >= 0.6 is 11.6 Å². The Morgan fingerprint density at radius 1 is 1.00 bits per heavy atom. The highest BCUT2D eigenvalue weighted by atomic mass is 35.5. The number of fused-ring (bicyclic) bond motifs is 2. The van der Waals surface area contributed by atoms with Crippen molar-refractivity contribution in [3.8, 4) is 5.75 Å². The molecule has 0 N–H and O–H groups in total. The minimum atomic E-state index is -0.650. The fourth-order valence-corrected chi connectivity index (χ4v) is 4.59. The van der Waals surface area contributed by atoms with Crippen molar-refractivity contribution in [3.63, 3.8) is 0 Å². The van der Waals surface area contributed by atoms with Gasteiger partial charge in [-0.05, 0) is 79.4 Å². The van der Waals surface area contributed by atoms with Crippen LogP contribution in [0.3, 0.4) is 0 Å². The van der Waals surface area contributed by atoms with E-state index in [2.05, 4.69) is 0 Å². The van der Waals surface area contributed by atoms with Crippen LogP contribution in [0.15, 0.2) is 69.9 Å². The average Bonchev–Trinajstić information content (AvgIpc) is 3.12. The smallest absolute Gasteiger partial charge is 0.295 e. The van der Waals surface area contributed by atoms with E-state index in [1.54, 1.807) is 29.2 Å². The molecule has 0 saturated heterocycles. The highest BCUT2D eigenvalue weighted by molar-refractivity contribution is 6.31. The third-order valence-corrected chi connectivity index (χ3v) is 6.48. The van der Waals surface area contributed by atoms with Crippen molar-refractivity contribution in [2.45, 2.75) is 33.2 Å². The highest BCUT2D eigenvalue weighted by Gasteiger charge is 2.43. The quantitative estimate of drug-likeness (QED) is 0.327. The van der Waals surface area contributed by atoms with Crippen LogP contribution in [-0.2, 0) is 0 Å². The molecule has 1 unspecified atom stereocenters. The van der Waals surface area contributed by atoms with Crippen molar-refractivity contribution < 1.29 is 13.9 Å². The third-order valence-electron chi connectivity index (χ3n) is 6.24. The van der Waals surface area contributed by atoms with Crippen LogP contribution in [0, 0.1) is 13.8 Å². The molecule has 1 aromatic heterocycles. The number of rotatable bonds is 5. The first-order chi connectivity index (χ1) is 16.4. The Morgan fingerprint density at radius 3 is 2.44 bits per heavy atom. The zero-order chi connectivity index (χ0) is 24.0. The summed E-state index contributed by atoms with van der Waals surface area (Å²) >= 11 is 6.26. The van der Waals surface area contributed by atoms with Gasteiger partial charge in [-0.25, -0.2) is 0 Å². The van der Waals surface area contributed by atoms with Crippen LogP contribution in [0.4, 0.5) is 5.69 Å². The minimum absolute atomic E-state index is 0.0667. The zero-order valence-corrected chi connectivity index (χ0v) is 20.0. The molecular weight excluding hydrogens is 450 g/mol. The monoisotopic (exact) mass is 473 g/mol. The molecular formula is C28H24ClNO4. The van der Waals surface area contributed by atoms with E-state index in [1.807, 2.05) is 57.2 Å². The Bertz CT molecular complexity index is 1470. The van der Waals surface area contributed by atoms with Gasteiger partial charge in [0.25, 0.3) is 5.91 Å². The summed E-state index contributed by atoms with van der Waals surface area (Å²) in [5.74, 6) is 0.434. The standard InChI is InChI=1S/C28H24ClNO4/c1-4-12-33-21-10-8-18(9-11-21)25-24-26(31)22-13-16(2)17(3)14-23(22)34-27(24)28(32)30(25)20-7-5-6-19(29)15-20/h5-11,13-15,25H,4,12H2,1-3H3. The van der Waals surface area contributed by atoms with Gasteiger partial charge in [-0.2, -0.15) is 0 Å². The summed E-state index contributed by atoms with van der Waals surface area (Å²) < 4.78 is 11.8. The topological polar surface area (TPSA) is 59.8 Å². The average molecular weight is 474 g/mol. The molecule has 1 amide bonds. The second kappa shape index (κ2) is 8.65. The maximum absolute atomic E-state index is 13.8. The number of ether oxygens (including phenoxy) is 1. The number of halogens is 1. The molecule has 0 bridgehead atoms. The molecule has 0 radical (unpaired) electrons. The molecule has 6 heteroatoms. The number of aryl methyl sites for hydroxylation is 2. The first kappa shape index (κ1) is 22.2. The highest BCUT2D eigenvalue weighted by Crippen LogP contribution is 2.42. The number of hydrogen-bond acceptors (Lipinski definition) is 4. The number of nitrogens with zero attached hydrogens (tertiary/aromatic N) is 1. The van der Waals surface area contributed by atoms with Gasteiger partial charge in [-0.1, -0.05) is 36.7 Å². The van der Waals surface area contributed by atoms with Crippen LogP contribution in [0.5, 0.6) is 5.75 Å². The molecule has 1 atom stereocenters. The maximum atomic E-state index is 13.8. The predicted molar refractivity (Wildman–Crippen MR) is 134 cm³/mol. The van der Waals surface area contributed by atoms with Gasteiger partial charge in [0.2, 0.25) is 5.76 Å². The Balaban J connectivity index is 1.74. The summed E-state index contributed by atoms with van der Waals surface area (Å²) in [6, 6.07) is 17.6. The van der Waals surface area contributed by atoms with Crippen molar-refractivity contribution in [1.29, 1.82) is 0 Å². The first-order valence-corrected chi connectivity index (χ1v) is 11.7. The van der Waals surface area contributed by atoms with Gasteiger partial charge >= 0.3 is 0 Å². The summed E-state index contributed by atoms with van der Waals surface area (Å²) in [6.45, 7) is 6.57. The molecule has 5 nitrogen and oxygen atoms in total. The summed E-state index contributed by atoms with van der Waals surface area (Å²) in [6.07, 6.45) is 0.905. The molecule has 5 rings (SSSR count). The molecule has 0 saturated carbocycles. The molecule has 0 fully saturated rings. The van der Waals surface area contributed by atoms with Crippen LogP contribution < -0.4 is 15.1 Å². The van der Waals surface area contributed by atoms with Gasteiger partial charge in [-0.3, -0.25) is 14.5 Å². The Morgan fingerprint density at radius 2 is 1.74 bits per heavy atom. The second-order valence-corrected chi connectivity index (χ2v) is 9.02. The summed E-state index contributed by atoms with van der Waals surface area (Å²) in [5.41, 5.74) is 3.91. The van der Waals surface area contributed by atoms with Gasteiger partial charge in [-0.15, -0.1) is 0 Å². The third kappa shape index (κ3) is 3.66. The van der Waals surface area contributed by atoms with Crippen molar-refractivity contribution in [1.82, 2.24) is 0 Å². The van der Waals surface area contributed by atoms with Crippen molar-refractivity contribution in [3.05, 3.63) is 104 Å². The number of amides is 1. The lowest BCUT2D eigenvalue weighted by molar-refractivity contribution is 0.0971. The lowest BCUT2D eigenvalue weighted by Crippen LogP contribution is -2.29. The molecule has 0 aliphatic carbocycles. The number of benzene rings is 3. The van der Waals surface area contributed by atoms with Crippen LogP contribution in [0.2, 0.25) is 5.02 Å². The fourth-order valence-electron chi connectivity index (χ4n) is 4.40. The van der Waals surface area contributed by atoms with E-state index < -0.39 is 6.04 Å². The van der Waals surface area contributed by atoms with Gasteiger partial charge in [0.1, 0.15) is 11.3 Å². The van der Waals surface area contributed by atoms with E-state index in [9.17, 15) is 9.59 Å². The van der Waals surface area contributed by atoms with Crippen LogP contribution in [0.1, 0.15) is 52.2 Å². The van der Waals surface area contributed by atoms with E-state index in [0.29, 0.717) is 33.8 Å². The van der Waals surface area contributed by atoms with Crippen molar-refractivity contribution in [2.75, 3.05) is 11.5 Å². The van der Waals surface area contributed by atoms with Crippen LogP contribution in [-0.4, -0.2) is 12.5 Å². The number of carbonyl (C=O) groups excluding carboxylic acids is 1. The Kier molecular flexibility index (Phi) is 5.66. The minimum Gasteiger partial charge on any atom is -0.494 e. The predicted octanol–water partition coefficient (Wildman–Crippen LogP) is 6.60. The summed E-state index contributed by atoms with van der Waals surface area (Å²) in [4.78, 5) is 29.0. The molecule has 1 aliphatic heterocycles. The molecule has 2 heterocycles. The summed E-state index contributed by atoms with van der Waals surface area (Å²) in [7, 11) is 0. The molecule has 4 aromatic rings. The maximum Gasteiger partial charge on any atom is 0.295 e. The molecule has 0 spiro atoms. The van der Waals surface area contributed by atoms with Crippen molar-refractivity contribution >= 4 is 34.2 Å². The summed E-state index contributed by atoms with van der Waals surface area (Å²) in [5, 5.41) is 0.967. The van der Waals surface area contributed by atoms with E-state index in [-0.39, 0.29) is 17.1 Å². The zero-order valence-electron chi connectivity index (χ0n) is 19.2. The number of anilines is 1. The fraction of sp³-hybridized carbons (Fsp3) is 0.214. The van der Waals surface area contributed by atoms with Crippen molar-refractivity contribution in [2.24, 2.45) is 0 Å². The van der Waals surface area contributed by atoms with E-state index in [4.69, 9.17) is 20.8 Å².